The van der Waals surface area contributed by atoms with E-state index in [1.54, 1.807) is 18.3 Å². The number of hydrogen-bond donors (Lipinski definition) is 1. The van der Waals surface area contributed by atoms with E-state index in [1.807, 2.05) is 19.1 Å². The average Bonchev–Trinajstić information content (AvgIpc) is 2.30. The van der Waals surface area contributed by atoms with E-state index in [2.05, 4.69) is 9.97 Å². The lowest BCUT2D eigenvalue weighted by Gasteiger charge is -2.01. The highest BCUT2D eigenvalue weighted by Gasteiger charge is 2.02. The monoisotopic (exact) mass is 234 g/mol. The Kier molecular flexibility index (Phi) is 3.06. The zero-order valence-corrected chi connectivity index (χ0v) is 9.58. The van der Waals surface area contributed by atoms with Crippen molar-refractivity contribution in [3.05, 3.63) is 51.4 Å². The summed E-state index contributed by atoms with van der Waals surface area (Å²) < 4.78 is 0. The zero-order chi connectivity index (χ0) is 11.5. The molecule has 0 atom stereocenters. The summed E-state index contributed by atoms with van der Waals surface area (Å²) in [4.78, 5) is 18.6. The standard InChI is InChI=1S/C12H11ClN2O/c1-2-8-7-14-11(15-12(8)16)9-3-5-10(13)6-4-9/h3-7H,2H2,1H3,(H,14,15,16). The fourth-order valence-electron chi connectivity index (χ4n) is 1.43. The van der Waals surface area contributed by atoms with E-state index in [1.165, 1.54) is 0 Å². The highest BCUT2D eigenvalue weighted by Crippen LogP contribution is 2.16. The van der Waals surface area contributed by atoms with Gasteiger partial charge in [0, 0.05) is 22.3 Å². The molecule has 1 aromatic heterocycles. The second-order valence-electron chi connectivity index (χ2n) is 3.45. The zero-order valence-electron chi connectivity index (χ0n) is 8.83. The Hall–Kier alpha value is -1.61. The molecule has 0 spiro atoms. The number of aryl methyl sites for hydroxylation is 1. The molecule has 3 nitrogen and oxygen atoms in total. The first-order valence-corrected chi connectivity index (χ1v) is 5.42. The maximum atomic E-state index is 11.6. The maximum absolute atomic E-state index is 11.6. The first-order valence-electron chi connectivity index (χ1n) is 5.05. The largest absolute Gasteiger partial charge is 0.306 e. The van der Waals surface area contributed by atoms with E-state index in [4.69, 9.17) is 11.6 Å². The van der Waals surface area contributed by atoms with Gasteiger partial charge in [0.1, 0.15) is 5.82 Å². The van der Waals surface area contributed by atoms with Crippen molar-refractivity contribution in [2.45, 2.75) is 13.3 Å². The van der Waals surface area contributed by atoms with Crippen molar-refractivity contribution in [2.24, 2.45) is 0 Å². The SMILES string of the molecule is CCc1cnc(-c2ccc(Cl)cc2)[nH]c1=O. The van der Waals surface area contributed by atoms with Gasteiger partial charge in [0.15, 0.2) is 0 Å². The van der Waals surface area contributed by atoms with Crippen LogP contribution in [0.15, 0.2) is 35.3 Å². The normalized spacial score (nSPS) is 10.4. The Morgan fingerprint density at radius 1 is 1.31 bits per heavy atom. The lowest BCUT2D eigenvalue weighted by atomic mass is 10.2. The van der Waals surface area contributed by atoms with Crippen molar-refractivity contribution in [3.63, 3.8) is 0 Å². The summed E-state index contributed by atoms with van der Waals surface area (Å²) in [5, 5.41) is 0.663. The highest BCUT2D eigenvalue weighted by molar-refractivity contribution is 6.30. The number of aromatic amines is 1. The van der Waals surface area contributed by atoms with Crippen LogP contribution in [-0.4, -0.2) is 9.97 Å². The molecular weight excluding hydrogens is 224 g/mol. The van der Waals surface area contributed by atoms with Crippen LogP contribution in [-0.2, 0) is 6.42 Å². The molecular formula is C12H11ClN2O. The van der Waals surface area contributed by atoms with Gasteiger partial charge in [0.25, 0.3) is 5.56 Å². The predicted molar refractivity (Wildman–Crippen MR) is 64.7 cm³/mol. The molecule has 0 fully saturated rings. The van der Waals surface area contributed by atoms with Crippen LogP contribution in [0.2, 0.25) is 5.02 Å². The van der Waals surface area contributed by atoms with Crippen molar-refractivity contribution in [2.75, 3.05) is 0 Å². The van der Waals surface area contributed by atoms with Crippen LogP contribution in [0.1, 0.15) is 12.5 Å². The van der Waals surface area contributed by atoms with Crippen molar-refractivity contribution in [1.82, 2.24) is 9.97 Å². The molecule has 1 N–H and O–H groups in total. The molecule has 0 saturated heterocycles. The van der Waals surface area contributed by atoms with Gasteiger partial charge in [-0.05, 0) is 30.7 Å². The number of rotatable bonds is 2. The van der Waals surface area contributed by atoms with Crippen molar-refractivity contribution in [1.29, 1.82) is 0 Å². The van der Waals surface area contributed by atoms with Crippen molar-refractivity contribution >= 4 is 11.6 Å². The minimum atomic E-state index is -0.0811. The summed E-state index contributed by atoms with van der Waals surface area (Å²) in [6.45, 7) is 1.92. The van der Waals surface area contributed by atoms with Gasteiger partial charge in [-0.3, -0.25) is 4.79 Å². The summed E-state index contributed by atoms with van der Waals surface area (Å²) >= 11 is 5.79. The topological polar surface area (TPSA) is 45.8 Å². The minimum absolute atomic E-state index is 0.0811. The Morgan fingerprint density at radius 3 is 2.56 bits per heavy atom. The summed E-state index contributed by atoms with van der Waals surface area (Å²) in [7, 11) is 0. The van der Waals surface area contributed by atoms with Crippen LogP contribution in [0, 0.1) is 0 Å². The van der Waals surface area contributed by atoms with Gasteiger partial charge >= 0.3 is 0 Å². The molecule has 1 aromatic carbocycles. The molecule has 0 unspecified atom stereocenters. The second-order valence-corrected chi connectivity index (χ2v) is 3.88. The van der Waals surface area contributed by atoms with Gasteiger partial charge in [0.2, 0.25) is 0 Å². The number of hydrogen-bond acceptors (Lipinski definition) is 2. The molecule has 0 aliphatic rings. The van der Waals surface area contributed by atoms with Gasteiger partial charge in [-0.2, -0.15) is 0 Å². The molecule has 2 rings (SSSR count). The van der Waals surface area contributed by atoms with Crippen LogP contribution >= 0.6 is 11.6 Å². The molecule has 1 heterocycles. The number of nitrogens with zero attached hydrogens (tertiary/aromatic N) is 1. The fraction of sp³-hybridized carbons (Fsp3) is 0.167. The van der Waals surface area contributed by atoms with Crippen LogP contribution in [0.4, 0.5) is 0 Å². The van der Waals surface area contributed by atoms with E-state index in [0.717, 1.165) is 5.56 Å². The number of nitrogens with one attached hydrogen (secondary N) is 1. The lowest BCUT2D eigenvalue weighted by molar-refractivity contribution is 1.01. The molecule has 0 bridgehead atoms. The second kappa shape index (κ2) is 4.49. The molecule has 0 amide bonds. The fourth-order valence-corrected chi connectivity index (χ4v) is 1.55. The van der Waals surface area contributed by atoms with Crippen LogP contribution in [0.5, 0.6) is 0 Å². The molecule has 0 aliphatic heterocycles. The third kappa shape index (κ3) is 2.14. The molecule has 2 aromatic rings. The summed E-state index contributed by atoms with van der Waals surface area (Å²) in [6, 6.07) is 7.19. The Balaban J connectivity index is 2.45. The quantitative estimate of drug-likeness (QED) is 0.868. The minimum Gasteiger partial charge on any atom is -0.306 e. The molecule has 16 heavy (non-hydrogen) atoms. The molecule has 0 radical (unpaired) electrons. The number of halogens is 1. The Bertz CT molecular complexity index is 546. The molecule has 82 valence electrons. The van der Waals surface area contributed by atoms with E-state index < -0.39 is 0 Å². The predicted octanol–water partition coefficient (Wildman–Crippen LogP) is 2.65. The van der Waals surface area contributed by atoms with Gasteiger partial charge in [0.05, 0.1) is 0 Å². The average molecular weight is 235 g/mol. The summed E-state index contributed by atoms with van der Waals surface area (Å²) in [5.41, 5.74) is 1.46. The first kappa shape index (κ1) is 10.9. The van der Waals surface area contributed by atoms with Crippen LogP contribution in [0.25, 0.3) is 11.4 Å². The third-order valence-corrected chi connectivity index (χ3v) is 2.62. The van der Waals surface area contributed by atoms with Crippen molar-refractivity contribution < 1.29 is 0 Å². The van der Waals surface area contributed by atoms with Crippen LogP contribution < -0.4 is 5.56 Å². The summed E-state index contributed by atoms with van der Waals surface area (Å²) in [5.74, 6) is 0.568. The van der Waals surface area contributed by atoms with Gasteiger partial charge in [-0.25, -0.2) is 4.98 Å². The third-order valence-electron chi connectivity index (χ3n) is 2.37. The van der Waals surface area contributed by atoms with Crippen molar-refractivity contribution in [3.8, 4) is 11.4 Å². The Labute approximate surface area is 98.1 Å². The van der Waals surface area contributed by atoms with Gasteiger partial charge in [-0.1, -0.05) is 18.5 Å². The summed E-state index contributed by atoms with van der Waals surface area (Å²) in [6.07, 6.45) is 2.30. The number of aromatic nitrogens is 2. The van der Waals surface area contributed by atoms with E-state index in [0.29, 0.717) is 22.8 Å². The Morgan fingerprint density at radius 2 is 2.00 bits per heavy atom. The number of benzene rings is 1. The molecule has 0 saturated carbocycles. The number of H-pyrrole nitrogens is 1. The smallest absolute Gasteiger partial charge is 0.254 e. The van der Waals surface area contributed by atoms with Crippen LogP contribution in [0.3, 0.4) is 0 Å². The maximum Gasteiger partial charge on any atom is 0.254 e. The molecule has 0 aliphatic carbocycles. The van der Waals surface area contributed by atoms with Gasteiger partial charge < -0.3 is 4.98 Å². The highest BCUT2D eigenvalue weighted by atomic mass is 35.5. The lowest BCUT2D eigenvalue weighted by Crippen LogP contribution is -2.13. The molecule has 4 heteroatoms. The van der Waals surface area contributed by atoms with E-state index >= 15 is 0 Å². The van der Waals surface area contributed by atoms with E-state index in [-0.39, 0.29) is 5.56 Å². The van der Waals surface area contributed by atoms with E-state index in [9.17, 15) is 4.79 Å². The van der Waals surface area contributed by atoms with Gasteiger partial charge in [-0.15, -0.1) is 0 Å². The first-order chi connectivity index (χ1) is 7.70.